The molecular formula is C18H18N4O4. The van der Waals surface area contributed by atoms with Gasteiger partial charge in [-0.05, 0) is 37.3 Å². The molecule has 8 heteroatoms. The third kappa shape index (κ3) is 3.97. The highest BCUT2D eigenvalue weighted by atomic mass is 16.5. The Labute approximate surface area is 149 Å². The standard InChI is InChI=1S/C18H18N4O4/c1-2-25-18-13(5-3-9-20-18)17(24)19-10-11-22-16(23)8-7-14(21-22)15-6-4-12-26-15/h3-9,12H,2,10-11H2,1H3,(H,19,24). The van der Waals surface area contributed by atoms with Crippen LogP contribution in [0.5, 0.6) is 5.88 Å². The minimum absolute atomic E-state index is 0.226. The Morgan fingerprint density at radius 1 is 1.27 bits per heavy atom. The highest BCUT2D eigenvalue weighted by molar-refractivity contribution is 5.96. The van der Waals surface area contributed by atoms with E-state index in [1.165, 1.54) is 17.0 Å². The summed E-state index contributed by atoms with van der Waals surface area (Å²) in [5.41, 5.74) is 0.636. The molecule has 0 radical (unpaired) electrons. The SMILES string of the molecule is CCOc1ncccc1C(=O)NCCn1nc(-c2ccco2)ccc1=O. The Bertz CT molecular complexity index is 934. The number of aromatic nitrogens is 3. The minimum Gasteiger partial charge on any atom is -0.477 e. The average Bonchev–Trinajstić information content (AvgIpc) is 3.18. The fourth-order valence-corrected chi connectivity index (χ4v) is 2.35. The van der Waals surface area contributed by atoms with Crippen LogP contribution in [-0.4, -0.2) is 33.8 Å². The van der Waals surface area contributed by atoms with Gasteiger partial charge in [0.15, 0.2) is 5.76 Å². The van der Waals surface area contributed by atoms with Crippen molar-refractivity contribution in [2.45, 2.75) is 13.5 Å². The number of amides is 1. The Balaban J connectivity index is 1.66. The number of pyridine rings is 1. The van der Waals surface area contributed by atoms with Crippen LogP contribution >= 0.6 is 0 Å². The van der Waals surface area contributed by atoms with Crippen molar-refractivity contribution in [3.8, 4) is 17.3 Å². The van der Waals surface area contributed by atoms with Gasteiger partial charge in [-0.2, -0.15) is 5.10 Å². The largest absolute Gasteiger partial charge is 0.477 e. The van der Waals surface area contributed by atoms with Gasteiger partial charge in [-0.15, -0.1) is 0 Å². The van der Waals surface area contributed by atoms with Crippen LogP contribution in [0.2, 0.25) is 0 Å². The number of ether oxygens (including phenoxy) is 1. The van der Waals surface area contributed by atoms with Crippen molar-refractivity contribution >= 4 is 5.91 Å². The van der Waals surface area contributed by atoms with E-state index in [2.05, 4.69) is 15.4 Å². The van der Waals surface area contributed by atoms with Crippen LogP contribution in [0, 0.1) is 0 Å². The van der Waals surface area contributed by atoms with Gasteiger partial charge in [0.05, 0.1) is 19.4 Å². The number of hydrogen-bond donors (Lipinski definition) is 1. The molecule has 0 aromatic carbocycles. The molecule has 3 heterocycles. The zero-order chi connectivity index (χ0) is 18.4. The molecule has 0 aliphatic rings. The molecule has 8 nitrogen and oxygen atoms in total. The lowest BCUT2D eigenvalue weighted by atomic mass is 10.2. The van der Waals surface area contributed by atoms with Crippen molar-refractivity contribution in [1.82, 2.24) is 20.1 Å². The van der Waals surface area contributed by atoms with Gasteiger partial charge in [0.25, 0.3) is 11.5 Å². The van der Waals surface area contributed by atoms with Crippen LogP contribution in [-0.2, 0) is 6.54 Å². The predicted octanol–water partition coefficient (Wildman–Crippen LogP) is 1.73. The number of nitrogens with zero attached hydrogens (tertiary/aromatic N) is 3. The zero-order valence-corrected chi connectivity index (χ0v) is 14.2. The van der Waals surface area contributed by atoms with Gasteiger partial charge in [0.2, 0.25) is 5.88 Å². The highest BCUT2D eigenvalue weighted by Crippen LogP contribution is 2.15. The van der Waals surface area contributed by atoms with Crippen molar-refractivity contribution < 1.29 is 13.9 Å². The molecule has 0 spiro atoms. The summed E-state index contributed by atoms with van der Waals surface area (Å²) in [5, 5.41) is 7.00. The Morgan fingerprint density at radius 2 is 2.15 bits per heavy atom. The van der Waals surface area contributed by atoms with Crippen LogP contribution in [0.4, 0.5) is 0 Å². The van der Waals surface area contributed by atoms with E-state index in [0.717, 1.165) is 0 Å². The molecule has 0 saturated carbocycles. The van der Waals surface area contributed by atoms with E-state index in [0.29, 0.717) is 23.6 Å². The van der Waals surface area contributed by atoms with Crippen LogP contribution < -0.4 is 15.6 Å². The monoisotopic (exact) mass is 354 g/mol. The van der Waals surface area contributed by atoms with Crippen molar-refractivity contribution in [3.63, 3.8) is 0 Å². The average molecular weight is 354 g/mol. The molecule has 0 saturated heterocycles. The van der Waals surface area contributed by atoms with Gasteiger partial charge in [0.1, 0.15) is 11.3 Å². The summed E-state index contributed by atoms with van der Waals surface area (Å²) in [6.07, 6.45) is 3.10. The fourth-order valence-electron chi connectivity index (χ4n) is 2.35. The molecule has 1 N–H and O–H groups in total. The summed E-state index contributed by atoms with van der Waals surface area (Å²) < 4.78 is 11.9. The number of hydrogen-bond acceptors (Lipinski definition) is 6. The topological polar surface area (TPSA) is 99.2 Å². The minimum atomic E-state index is -0.322. The second-order valence-corrected chi connectivity index (χ2v) is 5.30. The first-order valence-corrected chi connectivity index (χ1v) is 8.17. The molecule has 3 aromatic heterocycles. The lowest BCUT2D eigenvalue weighted by Gasteiger charge is -2.10. The molecule has 1 amide bonds. The predicted molar refractivity (Wildman–Crippen MR) is 93.9 cm³/mol. The summed E-state index contributed by atoms with van der Waals surface area (Å²) in [6.45, 7) is 2.69. The number of nitrogens with one attached hydrogen (secondary N) is 1. The third-order valence-corrected chi connectivity index (χ3v) is 3.55. The number of carbonyl (C=O) groups excluding carboxylic acids is 1. The Hall–Kier alpha value is -3.42. The first-order chi connectivity index (χ1) is 12.7. The molecule has 0 atom stereocenters. The number of rotatable bonds is 7. The second-order valence-electron chi connectivity index (χ2n) is 5.30. The van der Waals surface area contributed by atoms with Crippen LogP contribution in [0.25, 0.3) is 11.5 Å². The van der Waals surface area contributed by atoms with Crippen molar-refractivity contribution in [2.75, 3.05) is 13.2 Å². The van der Waals surface area contributed by atoms with Gasteiger partial charge >= 0.3 is 0 Å². The zero-order valence-electron chi connectivity index (χ0n) is 14.2. The lowest BCUT2D eigenvalue weighted by Crippen LogP contribution is -2.32. The van der Waals surface area contributed by atoms with Crippen molar-refractivity contribution in [1.29, 1.82) is 0 Å². The smallest absolute Gasteiger partial charge is 0.266 e. The summed E-state index contributed by atoms with van der Waals surface area (Å²) in [7, 11) is 0. The maximum atomic E-state index is 12.3. The highest BCUT2D eigenvalue weighted by Gasteiger charge is 2.13. The fraction of sp³-hybridized carbons (Fsp3) is 0.222. The second kappa shape index (κ2) is 8.11. The van der Waals surface area contributed by atoms with E-state index in [-0.39, 0.29) is 30.4 Å². The maximum absolute atomic E-state index is 12.3. The summed E-state index contributed by atoms with van der Waals surface area (Å²) in [6, 6.07) is 9.82. The number of furan rings is 1. The van der Waals surface area contributed by atoms with Gasteiger partial charge in [-0.3, -0.25) is 9.59 Å². The lowest BCUT2D eigenvalue weighted by molar-refractivity contribution is 0.0947. The van der Waals surface area contributed by atoms with E-state index >= 15 is 0 Å². The van der Waals surface area contributed by atoms with Crippen molar-refractivity contribution in [2.24, 2.45) is 0 Å². The van der Waals surface area contributed by atoms with Crippen LogP contribution in [0.15, 0.2) is 58.1 Å². The van der Waals surface area contributed by atoms with Crippen LogP contribution in [0.1, 0.15) is 17.3 Å². The summed E-state index contributed by atoms with van der Waals surface area (Å²) in [5.74, 6) is 0.527. The molecule has 3 aromatic rings. The van der Waals surface area contributed by atoms with E-state index in [1.54, 1.807) is 36.5 Å². The van der Waals surface area contributed by atoms with E-state index in [9.17, 15) is 9.59 Å². The summed E-state index contributed by atoms with van der Waals surface area (Å²) >= 11 is 0. The molecule has 0 bridgehead atoms. The van der Waals surface area contributed by atoms with E-state index in [1.807, 2.05) is 6.92 Å². The van der Waals surface area contributed by atoms with Gasteiger partial charge in [-0.25, -0.2) is 9.67 Å². The molecular weight excluding hydrogens is 336 g/mol. The molecule has 134 valence electrons. The van der Waals surface area contributed by atoms with Gasteiger partial charge < -0.3 is 14.5 Å². The molecule has 0 aliphatic heterocycles. The van der Waals surface area contributed by atoms with Crippen molar-refractivity contribution in [3.05, 3.63) is 64.8 Å². The van der Waals surface area contributed by atoms with Crippen LogP contribution in [0.3, 0.4) is 0 Å². The van der Waals surface area contributed by atoms with Gasteiger partial charge in [0, 0.05) is 18.8 Å². The maximum Gasteiger partial charge on any atom is 0.266 e. The number of carbonyl (C=O) groups is 1. The Kier molecular flexibility index (Phi) is 5.43. The Morgan fingerprint density at radius 3 is 2.92 bits per heavy atom. The molecule has 0 unspecified atom stereocenters. The molecule has 0 aliphatic carbocycles. The summed E-state index contributed by atoms with van der Waals surface area (Å²) in [4.78, 5) is 28.3. The molecule has 0 fully saturated rings. The third-order valence-electron chi connectivity index (χ3n) is 3.55. The normalized spacial score (nSPS) is 10.5. The first-order valence-electron chi connectivity index (χ1n) is 8.17. The van der Waals surface area contributed by atoms with E-state index < -0.39 is 0 Å². The quantitative estimate of drug-likeness (QED) is 0.694. The first kappa shape index (κ1) is 17.4. The molecule has 3 rings (SSSR count). The molecule has 26 heavy (non-hydrogen) atoms. The van der Waals surface area contributed by atoms with E-state index in [4.69, 9.17) is 9.15 Å². The van der Waals surface area contributed by atoms with Gasteiger partial charge in [-0.1, -0.05) is 0 Å².